The van der Waals surface area contributed by atoms with Crippen molar-refractivity contribution in [3.05, 3.63) is 29.8 Å². The maximum Gasteiger partial charge on any atom is 0.220 e. The third-order valence-electron chi connectivity index (χ3n) is 3.77. The molecule has 1 fully saturated rings. The fourth-order valence-electron chi connectivity index (χ4n) is 2.59. The number of nitrogens with zero attached hydrogens (tertiary/aromatic N) is 1. The first-order valence-electron chi connectivity index (χ1n) is 7.42. The van der Waals surface area contributed by atoms with Gasteiger partial charge in [-0.2, -0.15) is 0 Å². The number of likely N-dealkylation sites (tertiary alicyclic amines) is 1. The van der Waals surface area contributed by atoms with Crippen molar-refractivity contribution in [2.75, 3.05) is 19.7 Å². The summed E-state index contributed by atoms with van der Waals surface area (Å²) in [4.78, 5) is 13.5. The molecular weight excluding hydrogens is 252 g/mol. The van der Waals surface area contributed by atoms with Crippen molar-refractivity contribution in [3.63, 3.8) is 0 Å². The van der Waals surface area contributed by atoms with Gasteiger partial charge < -0.3 is 10.5 Å². The minimum atomic E-state index is -0.153. The van der Waals surface area contributed by atoms with E-state index in [1.807, 2.05) is 12.1 Å². The molecule has 1 amide bonds. The molecule has 1 heterocycles. The molecule has 0 atom stereocenters. The van der Waals surface area contributed by atoms with E-state index in [9.17, 15) is 4.79 Å². The summed E-state index contributed by atoms with van der Waals surface area (Å²) in [5.41, 5.74) is 6.62. The lowest BCUT2D eigenvalue weighted by molar-refractivity contribution is -0.123. The summed E-state index contributed by atoms with van der Waals surface area (Å²) in [5.74, 6) is 0.849. The predicted octanol–water partition coefficient (Wildman–Crippen LogP) is 2.17. The van der Waals surface area contributed by atoms with Gasteiger partial charge in [-0.15, -0.1) is 0 Å². The summed E-state index contributed by atoms with van der Waals surface area (Å²) in [7, 11) is 0. The Morgan fingerprint density at radius 3 is 2.80 bits per heavy atom. The fraction of sp³-hybridized carbons (Fsp3) is 0.562. The van der Waals surface area contributed by atoms with Crippen molar-refractivity contribution < 1.29 is 9.53 Å². The first kappa shape index (κ1) is 14.9. The lowest BCUT2D eigenvalue weighted by Gasteiger charge is -2.30. The molecular formula is C16H24N2O2. The molecule has 0 unspecified atom stereocenters. The molecule has 2 rings (SSSR count). The highest BCUT2D eigenvalue weighted by atomic mass is 16.5. The van der Waals surface area contributed by atoms with Crippen molar-refractivity contribution in [2.45, 2.75) is 32.7 Å². The molecule has 1 aromatic rings. The van der Waals surface area contributed by atoms with Crippen molar-refractivity contribution in [2.24, 2.45) is 11.7 Å². The monoisotopic (exact) mass is 276 g/mol. The van der Waals surface area contributed by atoms with Gasteiger partial charge in [0, 0.05) is 12.5 Å². The highest BCUT2D eigenvalue weighted by Crippen LogP contribution is 2.20. The Morgan fingerprint density at radius 2 is 2.15 bits per heavy atom. The van der Waals surface area contributed by atoms with Gasteiger partial charge in [-0.05, 0) is 50.0 Å². The maximum absolute atomic E-state index is 11.2. The summed E-state index contributed by atoms with van der Waals surface area (Å²) >= 11 is 0. The van der Waals surface area contributed by atoms with E-state index in [2.05, 4.69) is 24.0 Å². The number of rotatable bonds is 6. The second-order valence-electron chi connectivity index (χ2n) is 5.45. The van der Waals surface area contributed by atoms with Crippen molar-refractivity contribution in [1.29, 1.82) is 0 Å². The van der Waals surface area contributed by atoms with Crippen LogP contribution in [0.4, 0.5) is 0 Å². The molecule has 2 N–H and O–H groups in total. The van der Waals surface area contributed by atoms with Crippen LogP contribution in [0.1, 0.15) is 31.7 Å². The first-order chi connectivity index (χ1) is 9.69. The zero-order valence-electron chi connectivity index (χ0n) is 12.2. The first-order valence-corrected chi connectivity index (χ1v) is 7.42. The van der Waals surface area contributed by atoms with Crippen LogP contribution >= 0.6 is 0 Å². The smallest absolute Gasteiger partial charge is 0.220 e. The number of hydrogen-bond donors (Lipinski definition) is 1. The van der Waals surface area contributed by atoms with Gasteiger partial charge in [0.05, 0.1) is 6.61 Å². The summed E-state index contributed by atoms with van der Waals surface area (Å²) in [6.07, 6.45) is 2.77. The standard InChI is InChI=1S/C16H24N2O2/c1-2-10-20-15-5-3-4-13(11-15)12-18-8-6-14(7-9-18)16(17)19/h3-5,11,14H,2,6-10,12H2,1H3,(H2,17,19). The van der Waals surface area contributed by atoms with Gasteiger partial charge in [0.25, 0.3) is 0 Å². The van der Waals surface area contributed by atoms with Crippen LogP contribution < -0.4 is 10.5 Å². The van der Waals surface area contributed by atoms with Crippen molar-refractivity contribution >= 4 is 5.91 Å². The molecule has 0 aliphatic carbocycles. The Balaban J connectivity index is 1.86. The summed E-state index contributed by atoms with van der Waals surface area (Å²) in [6.45, 7) is 5.65. The number of nitrogens with two attached hydrogens (primary N) is 1. The summed E-state index contributed by atoms with van der Waals surface area (Å²) in [5, 5.41) is 0. The number of carbonyl (C=O) groups is 1. The largest absolute Gasteiger partial charge is 0.494 e. The predicted molar refractivity (Wildman–Crippen MR) is 79.4 cm³/mol. The van der Waals surface area contributed by atoms with Crippen LogP contribution in [0.15, 0.2) is 24.3 Å². The Morgan fingerprint density at radius 1 is 1.40 bits per heavy atom. The number of hydrogen-bond acceptors (Lipinski definition) is 3. The number of carbonyl (C=O) groups excluding carboxylic acids is 1. The number of ether oxygens (including phenoxy) is 1. The highest BCUT2D eigenvalue weighted by Gasteiger charge is 2.22. The molecule has 20 heavy (non-hydrogen) atoms. The minimum absolute atomic E-state index is 0.0606. The van der Waals surface area contributed by atoms with Gasteiger partial charge in [-0.1, -0.05) is 19.1 Å². The molecule has 0 spiro atoms. The number of piperidine rings is 1. The van der Waals surface area contributed by atoms with E-state index in [1.165, 1.54) is 5.56 Å². The Hall–Kier alpha value is -1.55. The zero-order valence-corrected chi connectivity index (χ0v) is 12.2. The van der Waals surface area contributed by atoms with Crippen molar-refractivity contribution in [3.8, 4) is 5.75 Å². The molecule has 0 radical (unpaired) electrons. The Labute approximate surface area is 120 Å². The van der Waals surface area contributed by atoms with E-state index in [0.29, 0.717) is 0 Å². The summed E-state index contributed by atoms with van der Waals surface area (Å²) in [6, 6.07) is 8.27. The molecule has 110 valence electrons. The molecule has 0 bridgehead atoms. The zero-order chi connectivity index (χ0) is 14.4. The van der Waals surface area contributed by atoms with E-state index in [4.69, 9.17) is 10.5 Å². The number of amides is 1. The van der Waals surface area contributed by atoms with Crippen LogP contribution in [0, 0.1) is 5.92 Å². The normalized spacial score (nSPS) is 17.1. The fourth-order valence-corrected chi connectivity index (χ4v) is 2.59. The number of benzene rings is 1. The second kappa shape index (κ2) is 7.29. The van der Waals surface area contributed by atoms with Crippen LogP contribution in [-0.4, -0.2) is 30.5 Å². The topological polar surface area (TPSA) is 55.6 Å². The van der Waals surface area contributed by atoms with Crippen LogP contribution in [-0.2, 0) is 11.3 Å². The van der Waals surface area contributed by atoms with Gasteiger partial charge in [0.15, 0.2) is 0 Å². The van der Waals surface area contributed by atoms with E-state index < -0.39 is 0 Å². The quantitative estimate of drug-likeness (QED) is 0.866. The number of primary amides is 1. The maximum atomic E-state index is 11.2. The Bertz CT molecular complexity index is 440. The average molecular weight is 276 g/mol. The van der Waals surface area contributed by atoms with Gasteiger partial charge in [0.1, 0.15) is 5.75 Å². The third-order valence-corrected chi connectivity index (χ3v) is 3.77. The molecule has 4 nitrogen and oxygen atoms in total. The van der Waals surface area contributed by atoms with Crippen LogP contribution in [0.2, 0.25) is 0 Å². The lowest BCUT2D eigenvalue weighted by atomic mass is 9.96. The van der Waals surface area contributed by atoms with E-state index in [1.54, 1.807) is 0 Å². The second-order valence-corrected chi connectivity index (χ2v) is 5.45. The van der Waals surface area contributed by atoms with Gasteiger partial charge >= 0.3 is 0 Å². The van der Waals surface area contributed by atoms with Crippen LogP contribution in [0.25, 0.3) is 0 Å². The molecule has 1 aromatic carbocycles. The van der Waals surface area contributed by atoms with Gasteiger partial charge in [-0.3, -0.25) is 9.69 Å². The van der Waals surface area contributed by atoms with Gasteiger partial charge in [0.2, 0.25) is 5.91 Å². The van der Waals surface area contributed by atoms with Gasteiger partial charge in [-0.25, -0.2) is 0 Å². The van der Waals surface area contributed by atoms with Crippen molar-refractivity contribution in [1.82, 2.24) is 4.90 Å². The van der Waals surface area contributed by atoms with E-state index in [-0.39, 0.29) is 11.8 Å². The third kappa shape index (κ3) is 4.23. The molecule has 4 heteroatoms. The molecule has 0 aromatic heterocycles. The van der Waals surface area contributed by atoms with E-state index >= 15 is 0 Å². The minimum Gasteiger partial charge on any atom is -0.494 e. The molecule has 1 aliphatic rings. The Kier molecular flexibility index (Phi) is 5.41. The molecule has 0 saturated carbocycles. The SMILES string of the molecule is CCCOc1cccc(CN2CCC(C(N)=O)CC2)c1. The van der Waals surface area contributed by atoms with E-state index in [0.717, 1.165) is 51.3 Å². The average Bonchev–Trinajstić information content (AvgIpc) is 2.46. The summed E-state index contributed by atoms with van der Waals surface area (Å²) < 4.78 is 5.65. The van der Waals surface area contributed by atoms with Crippen LogP contribution in [0.5, 0.6) is 5.75 Å². The highest BCUT2D eigenvalue weighted by molar-refractivity contribution is 5.76. The van der Waals surface area contributed by atoms with Crippen LogP contribution in [0.3, 0.4) is 0 Å². The molecule has 1 aliphatic heterocycles. The molecule has 1 saturated heterocycles. The lowest BCUT2D eigenvalue weighted by Crippen LogP contribution is -2.38.